The van der Waals surface area contributed by atoms with E-state index in [0.717, 1.165) is 0 Å². The third kappa shape index (κ3) is 4.77. The maximum atomic E-state index is 11.9. The quantitative estimate of drug-likeness (QED) is 0.457. The molecule has 1 amide bonds. The van der Waals surface area contributed by atoms with Crippen LogP contribution in [0.15, 0.2) is 30.6 Å². The predicted molar refractivity (Wildman–Crippen MR) is 86.4 cm³/mol. The van der Waals surface area contributed by atoms with Crippen molar-refractivity contribution in [2.24, 2.45) is 7.05 Å². The average molecular weight is 348 g/mol. The fraction of sp³-hybridized carbons (Fsp3) is 0.267. The third-order valence-electron chi connectivity index (χ3n) is 3.03. The normalized spacial score (nSPS) is 10.2. The lowest BCUT2D eigenvalue weighted by molar-refractivity contribution is -0.384. The highest BCUT2D eigenvalue weighted by molar-refractivity contribution is 5.96. The van der Waals surface area contributed by atoms with Crippen LogP contribution >= 0.6 is 0 Å². The Balaban J connectivity index is 2.00. The van der Waals surface area contributed by atoms with E-state index in [-0.39, 0.29) is 16.9 Å². The van der Waals surface area contributed by atoms with E-state index in [0.29, 0.717) is 12.4 Å². The van der Waals surface area contributed by atoms with Gasteiger partial charge in [-0.25, -0.2) is 4.79 Å². The number of aromatic nitrogens is 2. The second kappa shape index (κ2) is 7.90. The van der Waals surface area contributed by atoms with Gasteiger partial charge in [-0.1, -0.05) is 0 Å². The molecule has 0 bridgehead atoms. The highest BCUT2D eigenvalue weighted by Crippen LogP contribution is 2.29. The topological polar surface area (TPSA) is 126 Å². The second-order valence-electron chi connectivity index (χ2n) is 4.90. The summed E-state index contributed by atoms with van der Waals surface area (Å²) in [7, 11) is 1.63. The van der Waals surface area contributed by atoms with Crippen molar-refractivity contribution < 1.29 is 24.0 Å². The number of rotatable bonds is 7. The molecule has 0 saturated heterocycles. The van der Waals surface area contributed by atoms with E-state index < -0.39 is 23.4 Å². The molecule has 2 aromatic rings. The molecule has 1 N–H and O–H groups in total. The van der Waals surface area contributed by atoms with Gasteiger partial charge in [0.15, 0.2) is 6.61 Å². The van der Waals surface area contributed by atoms with Crippen LogP contribution < -0.4 is 10.1 Å². The van der Waals surface area contributed by atoms with Crippen LogP contribution in [0.2, 0.25) is 0 Å². The zero-order chi connectivity index (χ0) is 18.4. The Morgan fingerprint density at radius 3 is 2.76 bits per heavy atom. The van der Waals surface area contributed by atoms with Crippen LogP contribution in [0.3, 0.4) is 0 Å². The molecule has 0 aliphatic rings. The van der Waals surface area contributed by atoms with Crippen LogP contribution in [0.1, 0.15) is 17.3 Å². The number of nitrogens with one attached hydrogen (secondary N) is 1. The minimum atomic E-state index is -0.718. The van der Waals surface area contributed by atoms with Gasteiger partial charge in [-0.3, -0.25) is 19.6 Å². The molecule has 0 aliphatic carbocycles. The van der Waals surface area contributed by atoms with E-state index in [4.69, 9.17) is 9.47 Å². The SMILES string of the molecule is CCOc1ccc(NC(=O)COC(=O)c2cnn(C)c2)c([N+](=O)[O-])c1. The van der Waals surface area contributed by atoms with Crippen molar-refractivity contribution in [3.8, 4) is 5.75 Å². The zero-order valence-corrected chi connectivity index (χ0v) is 13.6. The minimum Gasteiger partial charge on any atom is -0.494 e. The number of nitro benzene ring substituents is 1. The lowest BCUT2D eigenvalue weighted by Gasteiger charge is -2.08. The Hall–Kier alpha value is -3.43. The monoisotopic (exact) mass is 348 g/mol. The van der Waals surface area contributed by atoms with Gasteiger partial charge in [-0.05, 0) is 19.1 Å². The van der Waals surface area contributed by atoms with E-state index in [1.165, 1.54) is 35.3 Å². The molecule has 132 valence electrons. The van der Waals surface area contributed by atoms with Gasteiger partial charge in [-0.2, -0.15) is 5.10 Å². The first-order chi connectivity index (χ1) is 11.9. The summed E-state index contributed by atoms with van der Waals surface area (Å²) in [6.45, 7) is 1.52. The number of carbonyl (C=O) groups is 2. The van der Waals surface area contributed by atoms with Crippen molar-refractivity contribution >= 4 is 23.3 Å². The van der Waals surface area contributed by atoms with Gasteiger partial charge in [0.05, 0.1) is 29.4 Å². The Bertz CT molecular complexity index is 801. The van der Waals surface area contributed by atoms with Crippen molar-refractivity contribution in [1.29, 1.82) is 0 Å². The Morgan fingerprint density at radius 2 is 2.16 bits per heavy atom. The second-order valence-corrected chi connectivity index (χ2v) is 4.90. The van der Waals surface area contributed by atoms with E-state index in [2.05, 4.69) is 10.4 Å². The Kier molecular flexibility index (Phi) is 5.66. The van der Waals surface area contributed by atoms with Gasteiger partial charge < -0.3 is 14.8 Å². The summed E-state index contributed by atoms with van der Waals surface area (Å²) in [5.74, 6) is -1.11. The van der Waals surface area contributed by atoms with Crippen LogP contribution in [0.5, 0.6) is 5.75 Å². The molecule has 1 aromatic carbocycles. The highest BCUT2D eigenvalue weighted by Gasteiger charge is 2.18. The first kappa shape index (κ1) is 17.9. The molecule has 0 atom stereocenters. The standard InChI is InChI=1S/C15H16N4O6/c1-3-24-11-4-5-12(13(6-11)19(22)23)17-14(20)9-25-15(21)10-7-16-18(2)8-10/h4-8H,3,9H2,1-2H3,(H,17,20). The summed E-state index contributed by atoms with van der Waals surface area (Å²) in [6, 6.07) is 4.05. The largest absolute Gasteiger partial charge is 0.494 e. The molecular formula is C15H16N4O6. The molecule has 1 aromatic heterocycles. The van der Waals surface area contributed by atoms with Crippen molar-refractivity contribution in [1.82, 2.24) is 9.78 Å². The van der Waals surface area contributed by atoms with E-state index in [1.807, 2.05) is 0 Å². The summed E-state index contributed by atoms with van der Waals surface area (Å²) in [5.41, 5.74) is -0.142. The van der Waals surface area contributed by atoms with Gasteiger partial charge in [-0.15, -0.1) is 0 Å². The third-order valence-corrected chi connectivity index (χ3v) is 3.03. The smallest absolute Gasteiger partial charge is 0.341 e. The number of amides is 1. The van der Waals surface area contributed by atoms with Gasteiger partial charge in [0.2, 0.25) is 0 Å². The molecular weight excluding hydrogens is 332 g/mol. The molecule has 0 unspecified atom stereocenters. The molecule has 0 aliphatic heterocycles. The van der Waals surface area contributed by atoms with E-state index in [1.54, 1.807) is 14.0 Å². The molecule has 0 spiro atoms. The average Bonchev–Trinajstić information content (AvgIpc) is 3.00. The Labute approximate surface area is 142 Å². The number of ether oxygens (including phenoxy) is 2. The van der Waals surface area contributed by atoms with Crippen LogP contribution in [0.25, 0.3) is 0 Å². The number of benzene rings is 1. The van der Waals surface area contributed by atoms with Crippen LogP contribution in [0, 0.1) is 10.1 Å². The minimum absolute atomic E-state index is 0.0177. The number of aryl methyl sites for hydroxylation is 1. The van der Waals surface area contributed by atoms with Crippen LogP contribution in [-0.2, 0) is 16.6 Å². The van der Waals surface area contributed by atoms with E-state index >= 15 is 0 Å². The molecule has 25 heavy (non-hydrogen) atoms. The molecule has 1 heterocycles. The maximum absolute atomic E-state index is 11.9. The van der Waals surface area contributed by atoms with E-state index in [9.17, 15) is 19.7 Å². The maximum Gasteiger partial charge on any atom is 0.341 e. The van der Waals surface area contributed by atoms with Crippen molar-refractivity contribution in [2.45, 2.75) is 6.92 Å². The summed E-state index contributed by atoms with van der Waals surface area (Å²) >= 11 is 0. The number of esters is 1. The molecule has 10 heteroatoms. The number of hydrogen-bond acceptors (Lipinski definition) is 7. The molecule has 2 rings (SSSR count). The first-order valence-corrected chi connectivity index (χ1v) is 7.27. The van der Waals surface area contributed by atoms with Crippen molar-refractivity contribution in [3.63, 3.8) is 0 Å². The number of nitro groups is 1. The summed E-state index contributed by atoms with van der Waals surface area (Å²) in [4.78, 5) is 34.1. The number of hydrogen-bond donors (Lipinski definition) is 1. The summed E-state index contributed by atoms with van der Waals surface area (Å²) in [5, 5.41) is 17.3. The van der Waals surface area contributed by atoms with Crippen LogP contribution in [-0.4, -0.2) is 39.8 Å². The molecule has 10 nitrogen and oxygen atoms in total. The number of carbonyl (C=O) groups excluding carboxylic acids is 2. The zero-order valence-electron chi connectivity index (χ0n) is 13.6. The van der Waals surface area contributed by atoms with Crippen molar-refractivity contribution in [2.75, 3.05) is 18.5 Å². The van der Waals surface area contributed by atoms with Gasteiger partial charge in [0.1, 0.15) is 11.4 Å². The van der Waals surface area contributed by atoms with Gasteiger partial charge in [0, 0.05) is 13.2 Å². The van der Waals surface area contributed by atoms with Crippen LogP contribution in [0.4, 0.5) is 11.4 Å². The number of anilines is 1. The van der Waals surface area contributed by atoms with Gasteiger partial charge >= 0.3 is 5.97 Å². The highest BCUT2D eigenvalue weighted by atomic mass is 16.6. The lowest BCUT2D eigenvalue weighted by Crippen LogP contribution is -2.21. The fourth-order valence-electron chi connectivity index (χ4n) is 1.95. The fourth-order valence-corrected chi connectivity index (χ4v) is 1.95. The summed E-state index contributed by atoms with van der Waals surface area (Å²) < 4.78 is 11.4. The molecule has 0 radical (unpaired) electrons. The molecule has 0 saturated carbocycles. The predicted octanol–water partition coefficient (Wildman–Crippen LogP) is 1.52. The summed E-state index contributed by atoms with van der Waals surface area (Å²) in [6.07, 6.45) is 2.75. The lowest BCUT2D eigenvalue weighted by atomic mass is 10.2. The first-order valence-electron chi connectivity index (χ1n) is 7.27. The van der Waals surface area contributed by atoms with Crippen molar-refractivity contribution in [3.05, 3.63) is 46.3 Å². The molecule has 0 fully saturated rings. The Morgan fingerprint density at radius 1 is 1.40 bits per heavy atom. The number of nitrogens with zero attached hydrogens (tertiary/aromatic N) is 3. The van der Waals surface area contributed by atoms with Gasteiger partial charge in [0.25, 0.3) is 11.6 Å².